The van der Waals surface area contributed by atoms with Gasteiger partial charge in [-0.2, -0.15) is 0 Å². The number of guanidine groups is 1. The van der Waals surface area contributed by atoms with Crippen molar-refractivity contribution in [1.82, 2.24) is 20.6 Å². The number of aromatic amines is 1. The molecule has 3 aromatic rings. The van der Waals surface area contributed by atoms with Crippen LogP contribution in [0.5, 0.6) is 5.75 Å². The van der Waals surface area contributed by atoms with Crippen LogP contribution in [0.3, 0.4) is 0 Å². The Hall–Kier alpha value is -2.33. The van der Waals surface area contributed by atoms with Crippen LogP contribution in [0.2, 0.25) is 0 Å². The zero-order valence-electron chi connectivity index (χ0n) is 17.7. The molecule has 2 aromatic carbocycles. The lowest BCUT2D eigenvalue weighted by Gasteiger charge is -2.15. The number of aryl methyl sites for hydroxylation is 1. The van der Waals surface area contributed by atoms with Crippen molar-refractivity contribution in [3.8, 4) is 5.75 Å². The van der Waals surface area contributed by atoms with E-state index in [4.69, 9.17) is 9.47 Å². The molecule has 0 unspecified atom stereocenters. The van der Waals surface area contributed by atoms with Crippen molar-refractivity contribution in [3.05, 3.63) is 59.4 Å². The van der Waals surface area contributed by atoms with Crippen LogP contribution in [0, 0.1) is 6.92 Å². The highest BCUT2D eigenvalue weighted by molar-refractivity contribution is 14.0. The summed E-state index contributed by atoms with van der Waals surface area (Å²) >= 11 is 0. The quantitative estimate of drug-likeness (QED) is 0.173. The second-order valence-electron chi connectivity index (χ2n) is 6.76. The molecule has 0 bridgehead atoms. The second-order valence-corrected chi connectivity index (χ2v) is 6.76. The maximum atomic E-state index is 5.85. The van der Waals surface area contributed by atoms with Crippen LogP contribution < -0.4 is 15.4 Å². The minimum atomic E-state index is 0. The molecular formula is C22H30IN5O2. The molecule has 0 aliphatic rings. The van der Waals surface area contributed by atoms with E-state index in [2.05, 4.69) is 44.7 Å². The first kappa shape index (κ1) is 23.9. The van der Waals surface area contributed by atoms with Gasteiger partial charge in [0.05, 0.1) is 17.6 Å². The Bertz CT molecular complexity index is 925. The summed E-state index contributed by atoms with van der Waals surface area (Å²) in [4.78, 5) is 12.2. The van der Waals surface area contributed by atoms with Gasteiger partial charge in [0.15, 0.2) is 5.96 Å². The van der Waals surface area contributed by atoms with Gasteiger partial charge in [0.25, 0.3) is 0 Å². The van der Waals surface area contributed by atoms with Gasteiger partial charge < -0.3 is 25.1 Å². The van der Waals surface area contributed by atoms with Gasteiger partial charge in [-0.15, -0.1) is 24.0 Å². The molecule has 0 saturated carbocycles. The molecule has 0 fully saturated rings. The lowest BCUT2D eigenvalue weighted by atomic mass is 10.1. The van der Waals surface area contributed by atoms with Crippen molar-refractivity contribution in [1.29, 1.82) is 0 Å². The van der Waals surface area contributed by atoms with Gasteiger partial charge in [-0.05, 0) is 30.7 Å². The molecule has 0 saturated heterocycles. The molecule has 3 rings (SSSR count). The fourth-order valence-electron chi connectivity index (χ4n) is 3.00. The zero-order valence-corrected chi connectivity index (χ0v) is 20.0. The topological polar surface area (TPSA) is 83.6 Å². The number of methoxy groups -OCH3 is 1. The molecule has 0 atom stereocenters. The maximum absolute atomic E-state index is 5.85. The number of hydrogen-bond acceptors (Lipinski definition) is 4. The highest BCUT2D eigenvalue weighted by Gasteiger charge is 2.07. The molecule has 8 heteroatoms. The van der Waals surface area contributed by atoms with E-state index in [1.165, 1.54) is 0 Å². The van der Waals surface area contributed by atoms with Crippen LogP contribution in [-0.2, 0) is 17.7 Å². The van der Waals surface area contributed by atoms with Crippen molar-refractivity contribution in [2.45, 2.75) is 19.9 Å². The molecule has 0 spiro atoms. The lowest BCUT2D eigenvalue weighted by molar-refractivity contribution is 0.145. The van der Waals surface area contributed by atoms with E-state index in [-0.39, 0.29) is 24.0 Å². The Labute approximate surface area is 194 Å². The smallest absolute Gasteiger partial charge is 0.191 e. The Morgan fingerprint density at radius 3 is 2.73 bits per heavy atom. The van der Waals surface area contributed by atoms with Crippen LogP contribution in [0.4, 0.5) is 0 Å². The SMILES string of the molecule is CN=C(NCCc1nc2ccccc2[nH]1)NCc1ccc(C)cc1OCCOC.I. The van der Waals surface area contributed by atoms with E-state index >= 15 is 0 Å². The summed E-state index contributed by atoms with van der Waals surface area (Å²) in [5.74, 6) is 2.57. The Morgan fingerprint density at radius 2 is 1.97 bits per heavy atom. The van der Waals surface area contributed by atoms with Crippen molar-refractivity contribution in [2.24, 2.45) is 4.99 Å². The standard InChI is InChI=1S/C22H29N5O2.HI/c1-16-8-9-17(20(14-16)29-13-12-28-3)15-25-22(23-2)24-11-10-21-26-18-6-4-5-7-19(18)27-21;/h4-9,14H,10-13,15H2,1-3H3,(H,26,27)(H2,23,24,25);1H. The van der Waals surface area contributed by atoms with Crippen molar-refractivity contribution >= 4 is 41.0 Å². The molecule has 1 heterocycles. The van der Waals surface area contributed by atoms with Crippen LogP contribution in [0.1, 0.15) is 17.0 Å². The van der Waals surface area contributed by atoms with Gasteiger partial charge in [0, 0.05) is 39.2 Å². The number of H-pyrrole nitrogens is 1. The summed E-state index contributed by atoms with van der Waals surface area (Å²) in [7, 11) is 3.44. The second kappa shape index (κ2) is 12.4. The number of aromatic nitrogens is 2. The average Bonchev–Trinajstić information content (AvgIpc) is 3.14. The van der Waals surface area contributed by atoms with Gasteiger partial charge in [0.1, 0.15) is 18.2 Å². The summed E-state index contributed by atoms with van der Waals surface area (Å²) < 4.78 is 10.9. The summed E-state index contributed by atoms with van der Waals surface area (Å²) in [5, 5.41) is 6.68. The van der Waals surface area contributed by atoms with Crippen molar-refractivity contribution in [3.63, 3.8) is 0 Å². The highest BCUT2D eigenvalue weighted by Crippen LogP contribution is 2.20. The molecule has 7 nitrogen and oxygen atoms in total. The van der Waals surface area contributed by atoms with E-state index in [1.54, 1.807) is 14.2 Å². The van der Waals surface area contributed by atoms with E-state index < -0.39 is 0 Å². The number of hydrogen-bond donors (Lipinski definition) is 3. The fraction of sp³-hybridized carbons (Fsp3) is 0.364. The largest absolute Gasteiger partial charge is 0.491 e. The summed E-state index contributed by atoms with van der Waals surface area (Å²) in [5.41, 5.74) is 4.29. The molecule has 0 aliphatic heterocycles. The predicted octanol–water partition coefficient (Wildman–Crippen LogP) is 3.42. The average molecular weight is 523 g/mol. The Balaban J connectivity index is 0.00000320. The first-order chi connectivity index (χ1) is 14.2. The van der Waals surface area contributed by atoms with Crippen LogP contribution >= 0.6 is 24.0 Å². The van der Waals surface area contributed by atoms with Gasteiger partial charge in [0.2, 0.25) is 0 Å². The fourth-order valence-corrected chi connectivity index (χ4v) is 3.00. The molecule has 30 heavy (non-hydrogen) atoms. The summed E-state index contributed by atoms with van der Waals surface area (Å²) in [6, 6.07) is 14.3. The van der Waals surface area contributed by atoms with Gasteiger partial charge >= 0.3 is 0 Å². The van der Waals surface area contributed by atoms with Gasteiger partial charge in [-0.1, -0.05) is 24.3 Å². The first-order valence-corrected chi connectivity index (χ1v) is 9.79. The molecule has 1 aromatic heterocycles. The lowest BCUT2D eigenvalue weighted by Crippen LogP contribution is -2.38. The number of nitrogens with zero attached hydrogens (tertiary/aromatic N) is 2. The molecule has 0 amide bonds. The molecule has 0 radical (unpaired) electrons. The van der Waals surface area contributed by atoms with E-state index in [9.17, 15) is 0 Å². The first-order valence-electron chi connectivity index (χ1n) is 9.79. The number of halogens is 1. The molecular weight excluding hydrogens is 493 g/mol. The highest BCUT2D eigenvalue weighted by atomic mass is 127. The minimum Gasteiger partial charge on any atom is -0.491 e. The zero-order chi connectivity index (χ0) is 20.5. The summed E-state index contributed by atoms with van der Waals surface area (Å²) in [6.07, 6.45) is 0.783. The number of aliphatic imine (C=N–C) groups is 1. The minimum absolute atomic E-state index is 0. The number of nitrogens with one attached hydrogen (secondary N) is 3. The molecule has 162 valence electrons. The van der Waals surface area contributed by atoms with Gasteiger partial charge in [-0.3, -0.25) is 4.99 Å². The van der Waals surface area contributed by atoms with Crippen molar-refractivity contribution in [2.75, 3.05) is 33.9 Å². The summed E-state index contributed by atoms with van der Waals surface area (Å²) in [6.45, 7) is 4.49. The Kier molecular flexibility index (Phi) is 9.88. The number of imidazole rings is 1. The van der Waals surface area contributed by atoms with E-state index in [1.807, 2.05) is 30.3 Å². The maximum Gasteiger partial charge on any atom is 0.191 e. The normalized spacial score (nSPS) is 11.2. The van der Waals surface area contributed by atoms with Crippen molar-refractivity contribution < 1.29 is 9.47 Å². The third kappa shape index (κ3) is 6.88. The van der Waals surface area contributed by atoms with E-state index in [0.717, 1.165) is 52.7 Å². The molecule has 3 N–H and O–H groups in total. The number of rotatable bonds is 9. The third-order valence-electron chi connectivity index (χ3n) is 4.53. The van der Waals surface area contributed by atoms with E-state index in [0.29, 0.717) is 19.8 Å². The number of fused-ring (bicyclic) bond motifs is 1. The third-order valence-corrected chi connectivity index (χ3v) is 4.53. The number of para-hydroxylation sites is 2. The Morgan fingerprint density at radius 1 is 1.13 bits per heavy atom. The van der Waals surface area contributed by atoms with Crippen LogP contribution in [0.25, 0.3) is 11.0 Å². The van der Waals surface area contributed by atoms with Gasteiger partial charge in [-0.25, -0.2) is 4.98 Å². The van der Waals surface area contributed by atoms with Crippen LogP contribution in [0.15, 0.2) is 47.5 Å². The predicted molar refractivity (Wildman–Crippen MR) is 132 cm³/mol. The van der Waals surface area contributed by atoms with Crippen LogP contribution in [-0.4, -0.2) is 49.8 Å². The number of ether oxygens (including phenoxy) is 2. The molecule has 0 aliphatic carbocycles. The monoisotopic (exact) mass is 523 g/mol. The number of benzene rings is 2.